The van der Waals surface area contributed by atoms with Crippen molar-refractivity contribution in [2.75, 3.05) is 32.8 Å². The molecule has 0 aromatic carbocycles. The number of nitrogens with one attached hydrogen (secondary N) is 1. The Morgan fingerprint density at radius 1 is 1.43 bits per heavy atom. The van der Waals surface area contributed by atoms with Gasteiger partial charge in [-0.3, -0.25) is 9.79 Å². The average molecular weight is 297 g/mol. The first-order valence-electron chi connectivity index (χ1n) is 8.28. The van der Waals surface area contributed by atoms with Crippen LogP contribution in [0.1, 0.15) is 47.0 Å². The van der Waals surface area contributed by atoms with Crippen LogP contribution in [0, 0.1) is 11.8 Å². The molecule has 0 amide bonds. The second kappa shape index (κ2) is 9.64. The van der Waals surface area contributed by atoms with Gasteiger partial charge in [0.15, 0.2) is 5.96 Å². The van der Waals surface area contributed by atoms with Crippen LogP contribution in [-0.4, -0.2) is 49.6 Å². The summed E-state index contributed by atoms with van der Waals surface area (Å²) < 4.78 is 5.16. The summed E-state index contributed by atoms with van der Waals surface area (Å²) in [6.45, 7) is 12.2. The summed E-state index contributed by atoms with van der Waals surface area (Å²) in [5.41, 5.74) is 0. The van der Waals surface area contributed by atoms with Gasteiger partial charge in [0, 0.05) is 26.2 Å². The molecule has 1 atom stereocenters. The topological polar surface area (TPSA) is 53.9 Å². The number of hydrogen-bond donors (Lipinski definition) is 1. The van der Waals surface area contributed by atoms with Crippen LogP contribution < -0.4 is 5.32 Å². The SMILES string of the molecule is CCNC(=NCCC(C)C)N1CCCC(C(=O)OCC)C1. The average Bonchev–Trinajstić information content (AvgIpc) is 2.46. The van der Waals surface area contributed by atoms with Crippen molar-refractivity contribution in [2.24, 2.45) is 16.8 Å². The Kier molecular flexibility index (Phi) is 8.16. The molecule has 1 aliphatic heterocycles. The Morgan fingerprint density at radius 2 is 2.19 bits per heavy atom. The number of hydrogen-bond acceptors (Lipinski definition) is 3. The van der Waals surface area contributed by atoms with Gasteiger partial charge >= 0.3 is 5.97 Å². The van der Waals surface area contributed by atoms with Gasteiger partial charge in [-0.15, -0.1) is 0 Å². The highest BCUT2D eigenvalue weighted by molar-refractivity contribution is 5.81. The van der Waals surface area contributed by atoms with Gasteiger partial charge in [-0.05, 0) is 39.0 Å². The molecule has 1 fully saturated rings. The molecule has 0 spiro atoms. The monoisotopic (exact) mass is 297 g/mol. The second-order valence-corrected chi connectivity index (χ2v) is 5.96. The fourth-order valence-electron chi connectivity index (χ4n) is 2.48. The number of carbonyl (C=O) groups excluding carboxylic acids is 1. The molecule has 0 saturated carbocycles. The molecule has 0 bridgehead atoms. The zero-order valence-corrected chi connectivity index (χ0v) is 14.0. The molecule has 1 saturated heterocycles. The van der Waals surface area contributed by atoms with Crippen molar-refractivity contribution in [3.05, 3.63) is 0 Å². The van der Waals surface area contributed by atoms with Crippen LogP contribution in [-0.2, 0) is 9.53 Å². The number of guanidine groups is 1. The van der Waals surface area contributed by atoms with Gasteiger partial charge in [-0.1, -0.05) is 13.8 Å². The molecule has 1 heterocycles. The van der Waals surface area contributed by atoms with Crippen LogP contribution in [0.3, 0.4) is 0 Å². The predicted molar refractivity (Wildman–Crippen MR) is 86.4 cm³/mol. The first kappa shape index (κ1) is 17.8. The van der Waals surface area contributed by atoms with Crippen molar-refractivity contribution in [2.45, 2.75) is 47.0 Å². The van der Waals surface area contributed by atoms with E-state index in [0.717, 1.165) is 44.9 Å². The van der Waals surface area contributed by atoms with E-state index in [-0.39, 0.29) is 11.9 Å². The highest BCUT2D eigenvalue weighted by atomic mass is 16.5. The molecule has 21 heavy (non-hydrogen) atoms. The molecular weight excluding hydrogens is 266 g/mol. The maximum Gasteiger partial charge on any atom is 0.310 e. The van der Waals surface area contributed by atoms with Gasteiger partial charge in [-0.25, -0.2) is 0 Å². The third-order valence-electron chi connectivity index (χ3n) is 3.64. The number of carbonyl (C=O) groups is 1. The van der Waals surface area contributed by atoms with Crippen molar-refractivity contribution in [1.82, 2.24) is 10.2 Å². The third kappa shape index (κ3) is 6.36. The third-order valence-corrected chi connectivity index (χ3v) is 3.64. The zero-order chi connectivity index (χ0) is 15.7. The molecule has 0 radical (unpaired) electrons. The summed E-state index contributed by atoms with van der Waals surface area (Å²) in [6.07, 6.45) is 3.02. The lowest BCUT2D eigenvalue weighted by molar-refractivity contribution is -0.149. The van der Waals surface area contributed by atoms with Gasteiger partial charge in [0.25, 0.3) is 0 Å². The van der Waals surface area contributed by atoms with Crippen molar-refractivity contribution >= 4 is 11.9 Å². The van der Waals surface area contributed by atoms with Crippen molar-refractivity contribution in [1.29, 1.82) is 0 Å². The summed E-state index contributed by atoms with van der Waals surface area (Å²) in [4.78, 5) is 18.8. The number of rotatable bonds is 6. The van der Waals surface area contributed by atoms with E-state index in [1.54, 1.807) is 0 Å². The van der Waals surface area contributed by atoms with E-state index in [1.165, 1.54) is 0 Å². The quantitative estimate of drug-likeness (QED) is 0.464. The molecule has 0 aliphatic carbocycles. The fraction of sp³-hybridized carbons (Fsp3) is 0.875. The standard InChI is InChI=1S/C16H31N3O2/c1-5-17-16(18-10-9-13(3)4)19-11-7-8-14(12-19)15(20)21-6-2/h13-14H,5-12H2,1-4H3,(H,17,18). The first-order chi connectivity index (χ1) is 10.1. The molecule has 0 aromatic heterocycles. The van der Waals surface area contributed by atoms with Crippen LogP contribution in [0.5, 0.6) is 0 Å². The summed E-state index contributed by atoms with van der Waals surface area (Å²) in [7, 11) is 0. The lowest BCUT2D eigenvalue weighted by atomic mass is 9.98. The molecule has 122 valence electrons. The molecule has 1 N–H and O–H groups in total. The Labute approximate surface area is 129 Å². The lowest BCUT2D eigenvalue weighted by Crippen LogP contribution is -2.48. The second-order valence-electron chi connectivity index (χ2n) is 5.96. The molecule has 0 aromatic rings. The maximum atomic E-state index is 11.9. The molecule has 5 heteroatoms. The Balaban J connectivity index is 2.62. The van der Waals surface area contributed by atoms with E-state index in [4.69, 9.17) is 9.73 Å². The largest absolute Gasteiger partial charge is 0.466 e. The van der Waals surface area contributed by atoms with Crippen LogP contribution in [0.2, 0.25) is 0 Å². The van der Waals surface area contributed by atoms with Gasteiger partial charge in [-0.2, -0.15) is 0 Å². The minimum absolute atomic E-state index is 0.0207. The number of nitrogens with zero attached hydrogens (tertiary/aromatic N) is 2. The minimum atomic E-state index is -0.0692. The summed E-state index contributed by atoms with van der Waals surface area (Å²) in [5, 5.41) is 3.34. The summed E-state index contributed by atoms with van der Waals surface area (Å²) >= 11 is 0. The van der Waals surface area contributed by atoms with Crippen LogP contribution in [0.25, 0.3) is 0 Å². The normalized spacial score (nSPS) is 19.8. The Morgan fingerprint density at radius 3 is 2.81 bits per heavy atom. The number of ether oxygens (including phenoxy) is 1. The highest BCUT2D eigenvalue weighted by Gasteiger charge is 2.28. The van der Waals surface area contributed by atoms with E-state index in [9.17, 15) is 4.79 Å². The van der Waals surface area contributed by atoms with Crippen LogP contribution in [0.15, 0.2) is 4.99 Å². The van der Waals surface area contributed by atoms with Gasteiger partial charge in [0.1, 0.15) is 0 Å². The Bertz CT molecular complexity index is 342. The van der Waals surface area contributed by atoms with Gasteiger partial charge < -0.3 is 15.0 Å². The molecule has 1 aliphatic rings. The minimum Gasteiger partial charge on any atom is -0.466 e. The van der Waals surface area contributed by atoms with Gasteiger partial charge in [0.05, 0.1) is 12.5 Å². The zero-order valence-electron chi connectivity index (χ0n) is 14.0. The molecular formula is C16H31N3O2. The van der Waals surface area contributed by atoms with E-state index in [1.807, 2.05) is 6.92 Å². The number of piperidine rings is 1. The first-order valence-corrected chi connectivity index (χ1v) is 8.28. The number of esters is 1. The maximum absolute atomic E-state index is 11.9. The van der Waals surface area contributed by atoms with E-state index in [0.29, 0.717) is 19.1 Å². The predicted octanol–water partition coefficient (Wildman–Crippen LogP) is 2.27. The van der Waals surface area contributed by atoms with Gasteiger partial charge in [0.2, 0.25) is 0 Å². The molecule has 5 nitrogen and oxygen atoms in total. The van der Waals surface area contributed by atoms with Crippen LogP contribution in [0.4, 0.5) is 0 Å². The summed E-state index contributed by atoms with van der Waals surface area (Å²) in [5.74, 6) is 1.50. The number of aliphatic imine (C=N–C) groups is 1. The fourth-order valence-corrected chi connectivity index (χ4v) is 2.48. The molecule has 1 rings (SSSR count). The van der Waals surface area contributed by atoms with Crippen molar-refractivity contribution < 1.29 is 9.53 Å². The van der Waals surface area contributed by atoms with E-state index < -0.39 is 0 Å². The highest BCUT2D eigenvalue weighted by Crippen LogP contribution is 2.18. The smallest absolute Gasteiger partial charge is 0.310 e. The van der Waals surface area contributed by atoms with E-state index in [2.05, 4.69) is 31.0 Å². The van der Waals surface area contributed by atoms with Crippen molar-refractivity contribution in [3.8, 4) is 0 Å². The summed E-state index contributed by atoms with van der Waals surface area (Å²) in [6, 6.07) is 0. The van der Waals surface area contributed by atoms with Crippen molar-refractivity contribution in [3.63, 3.8) is 0 Å². The van der Waals surface area contributed by atoms with Crippen LogP contribution >= 0.6 is 0 Å². The lowest BCUT2D eigenvalue weighted by Gasteiger charge is -2.34. The molecule has 1 unspecified atom stereocenters. The number of likely N-dealkylation sites (tertiary alicyclic amines) is 1. The Hall–Kier alpha value is -1.26. The van der Waals surface area contributed by atoms with E-state index >= 15 is 0 Å².